The molecule has 0 fully saturated rings. The zero-order chi connectivity index (χ0) is 10.7. The fourth-order valence-corrected chi connectivity index (χ4v) is 2.27. The molecule has 78 valence electrons. The molecule has 0 radical (unpaired) electrons. The maximum Gasteiger partial charge on any atom is 0.265 e. The molecule has 1 N–H and O–H groups in total. The maximum atomic E-state index is 12.5. The van der Waals surface area contributed by atoms with Crippen LogP contribution in [0.2, 0.25) is 0 Å². The van der Waals surface area contributed by atoms with Crippen LogP contribution in [-0.4, -0.2) is 10.1 Å². The first-order chi connectivity index (χ1) is 6.60. The summed E-state index contributed by atoms with van der Waals surface area (Å²) >= 11 is 6.29. The molecule has 0 aliphatic carbocycles. The van der Waals surface area contributed by atoms with Gasteiger partial charge in [0.2, 0.25) is 0 Å². The van der Waals surface area contributed by atoms with Crippen molar-refractivity contribution in [3.05, 3.63) is 27.5 Å². The van der Waals surface area contributed by atoms with Gasteiger partial charge < -0.3 is 5.11 Å². The number of pyridine rings is 1. The van der Waals surface area contributed by atoms with Crippen LogP contribution in [0.3, 0.4) is 0 Å². The van der Waals surface area contributed by atoms with Crippen LogP contribution < -0.4 is 0 Å². The Morgan fingerprint density at radius 3 is 2.57 bits per heavy atom. The Kier molecular flexibility index (Phi) is 4.40. The molecule has 0 atom stereocenters. The van der Waals surface area contributed by atoms with Gasteiger partial charge in [-0.05, 0) is 27.6 Å². The fourth-order valence-electron chi connectivity index (χ4n) is 0.995. The molecule has 0 amide bonds. The third-order valence-corrected chi connectivity index (χ3v) is 2.98. The van der Waals surface area contributed by atoms with Crippen molar-refractivity contribution in [2.75, 3.05) is 0 Å². The monoisotopic (exact) mass is 329 g/mol. The second-order valence-corrected chi connectivity index (χ2v) is 3.88. The summed E-state index contributed by atoms with van der Waals surface area (Å²) < 4.78 is 25.4. The van der Waals surface area contributed by atoms with Crippen molar-refractivity contribution in [2.24, 2.45) is 0 Å². The van der Waals surface area contributed by atoms with Crippen molar-refractivity contribution < 1.29 is 13.9 Å². The van der Waals surface area contributed by atoms with Gasteiger partial charge in [0.15, 0.2) is 0 Å². The standard InChI is InChI=1S/C8H7Br2F2NO/c9-2-4-1-5(8(11)12)6(3-14)13-7(4)10/h1,8,14H,2-3H2. The van der Waals surface area contributed by atoms with E-state index in [4.69, 9.17) is 5.11 Å². The van der Waals surface area contributed by atoms with Gasteiger partial charge in [0, 0.05) is 10.9 Å². The molecule has 0 aliphatic rings. The number of alkyl halides is 3. The van der Waals surface area contributed by atoms with Crippen LogP contribution in [-0.2, 0) is 11.9 Å². The number of hydrogen-bond donors (Lipinski definition) is 1. The minimum Gasteiger partial charge on any atom is -0.390 e. The Morgan fingerprint density at radius 2 is 2.14 bits per heavy atom. The number of aliphatic hydroxyl groups is 1. The van der Waals surface area contributed by atoms with Gasteiger partial charge in [0.05, 0.1) is 12.3 Å². The predicted molar refractivity (Wildman–Crippen MR) is 55.4 cm³/mol. The molecule has 6 heteroatoms. The van der Waals surface area contributed by atoms with Crippen molar-refractivity contribution in [3.8, 4) is 0 Å². The molecular formula is C8H7Br2F2NO. The quantitative estimate of drug-likeness (QED) is 0.682. The third-order valence-electron chi connectivity index (χ3n) is 1.69. The zero-order valence-corrected chi connectivity index (χ0v) is 10.1. The smallest absolute Gasteiger partial charge is 0.265 e. The van der Waals surface area contributed by atoms with Crippen molar-refractivity contribution in [3.63, 3.8) is 0 Å². The van der Waals surface area contributed by atoms with Crippen LogP contribution in [0.15, 0.2) is 10.7 Å². The largest absolute Gasteiger partial charge is 0.390 e. The van der Waals surface area contributed by atoms with Gasteiger partial charge in [-0.1, -0.05) is 15.9 Å². The second-order valence-electron chi connectivity index (χ2n) is 2.57. The molecule has 0 aliphatic heterocycles. The van der Waals surface area contributed by atoms with Crippen LogP contribution in [0.5, 0.6) is 0 Å². The second kappa shape index (κ2) is 5.14. The lowest BCUT2D eigenvalue weighted by molar-refractivity contribution is 0.146. The molecular weight excluding hydrogens is 324 g/mol. The van der Waals surface area contributed by atoms with Crippen LogP contribution in [0.1, 0.15) is 23.2 Å². The van der Waals surface area contributed by atoms with E-state index < -0.39 is 13.0 Å². The average molecular weight is 331 g/mol. The highest BCUT2D eigenvalue weighted by molar-refractivity contribution is 9.10. The molecule has 0 unspecified atom stereocenters. The molecule has 14 heavy (non-hydrogen) atoms. The van der Waals surface area contributed by atoms with E-state index in [1.807, 2.05) is 0 Å². The van der Waals surface area contributed by atoms with E-state index in [9.17, 15) is 8.78 Å². The molecule has 0 saturated carbocycles. The van der Waals surface area contributed by atoms with E-state index in [-0.39, 0.29) is 11.3 Å². The molecule has 1 rings (SSSR count). The molecule has 1 aromatic heterocycles. The Hall–Kier alpha value is -0.0700. The Bertz CT molecular complexity index is 333. The van der Waals surface area contributed by atoms with Crippen LogP contribution >= 0.6 is 31.9 Å². The number of aromatic nitrogens is 1. The minimum atomic E-state index is -2.62. The van der Waals surface area contributed by atoms with E-state index in [1.165, 1.54) is 6.07 Å². The molecule has 0 aromatic carbocycles. The van der Waals surface area contributed by atoms with Crippen LogP contribution in [0.25, 0.3) is 0 Å². The minimum absolute atomic E-state index is 0.0107. The number of aliphatic hydroxyl groups excluding tert-OH is 1. The molecule has 0 saturated heterocycles. The highest BCUT2D eigenvalue weighted by Gasteiger charge is 2.16. The van der Waals surface area contributed by atoms with Crippen LogP contribution in [0, 0.1) is 0 Å². The Balaban J connectivity index is 3.25. The zero-order valence-electron chi connectivity index (χ0n) is 6.98. The number of rotatable bonds is 3. The number of halogens is 4. The SMILES string of the molecule is OCc1nc(Br)c(CBr)cc1C(F)F. The molecule has 0 bridgehead atoms. The van der Waals surface area contributed by atoms with E-state index in [1.54, 1.807) is 0 Å². The summed E-state index contributed by atoms with van der Waals surface area (Å²) in [5, 5.41) is 9.26. The lowest BCUT2D eigenvalue weighted by atomic mass is 10.1. The van der Waals surface area contributed by atoms with E-state index >= 15 is 0 Å². The van der Waals surface area contributed by atoms with Gasteiger partial charge in [0.25, 0.3) is 6.43 Å². The van der Waals surface area contributed by atoms with Gasteiger partial charge in [-0.2, -0.15) is 0 Å². The van der Waals surface area contributed by atoms with Gasteiger partial charge in [-0.3, -0.25) is 0 Å². The lowest BCUT2D eigenvalue weighted by Gasteiger charge is -2.09. The lowest BCUT2D eigenvalue weighted by Crippen LogP contribution is -2.01. The first-order valence-corrected chi connectivity index (χ1v) is 5.64. The fraction of sp³-hybridized carbons (Fsp3) is 0.375. The highest BCUT2D eigenvalue weighted by Crippen LogP contribution is 2.27. The normalized spacial score (nSPS) is 11.0. The van der Waals surface area contributed by atoms with E-state index in [2.05, 4.69) is 36.8 Å². The van der Waals surface area contributed by atoms with E-state index in [0.717, 1.165) is 0 Å². The highest BCUT2D eigenvalue weighted by atomic mass is 79.9. The summed E-state index contributed by atoms with van der Waals surface area (Å²) in [5.74, 6) is 0. The van der Waals surface area contributed by atoms with Crippen molar-refractivity contribution in [2.45, 2.75) is 18.4 Å². The Morgan fingerprint density at radius 1 is 1.50 bits per heavy atom. The average Bonchev–Trinajstić information content (AvgIpc) is 2.16. The van der Waals surface area contributed by atoms with Gasteiger partial charge in [-0.15, -0.1) is 0 Å². The van der Waals surface area contributed by atoms with Crippen molar-refractivity contribution in [1.82, 2.24) is 4.98 Å². The topological polar surface area (TPSA) is 33.1 Å². The molecule has 2 nitrogen and oxygen atoms in total. The van der Waals surface area contributed by atoms with Gasteiger partial charge in [0.1, 0.15) is 4.60 Å². The summed E-state index contributed by atoms with van der Waals surface area (Å²) in [6.45, 7) is -0.485. The summed E-state index contributed by atoms with van der Waals surface area (Å²) in [7, 11) is 0. The summed E-state index contributed by atoms with van der Waals surface area (Å²) in [6, 6.07) is 1.34. The van der Waals surface area contributed by atoms with Gasteiger partial charge in [-0.25, -0.2) is 13.8 Å². The number of hydrogen-bond acceptors (Lipinski definition) is 2. The number of nitrogens with zero attached hydrogens (tertiary/aromatic N) is 1. The summed E-state index contributed by atoms with van der Waals surface area (Å²) in [5.41, 5.74) is 0.430. The van der Waals surface area contributed by atoms with Crippen LogP contribution in [0.4, 0.5) is 8.78 Å². The Labute approximate surface area is 96.6 Å². The summed E-state index contributed by atoms with van der Waals surface area (Å²) in [4.78, 5) is 3.84. The molecule has 0 spiro atoms. The van der Waals surface area contributed by atoms with E-state index in [0.29, 0.717) is 15.5 Å². The van der Waals surface area contributed by atoms with Crippen molar-refractivity contribution in [1.29, 1.82) is 0 Å². The molecule has 1 aromatic rings. The van der Waals surface area contributed by atoms with Crippen molar-refractivity contribution >= 4 is 31.9 Å². The third kappa shape index (κ3) is 2.49. The maximum absolute atomic E-state index is 12.5. The summed E-state index contributed by atoms with van der Waals surface area (Å²) in [6.07, 6.45) is -2.62. The van der Waals surface area contributed by atoms with Gasteiger partial charge >= 0.3 is 0 Å². The first-order valence-electron chi connectivity index (χ1n) is 3.73. The first kappa shape index (κ1) is 12.0. The molecule has 1 heterocycles. The predicted octanol–water partition coefficient (Wildman–Crippen LogP) is 3.17.